The maximum atomic E-state index is 13.6. The summed E-state index contributed by atoms with van der Waals surface area (Å²) in [5, 5.41) is 9.90. The van der Waals surface area contributed by atoms with Gasteiger partial charge in [0.1, 0.15) is 0 Å². The molecule has 1 aliphatic carbocycles. The Hall–Kier alpha value is -2.04. The fourth-order valence-electron chi connectivity index (χ4n) is 4.65. The molecule has 194 valence electrons. The van der Waals surface area contributed by atoms with Gasteiger partial charge in [-0.05, 0) is 56.0 Å². The second kappa shape index (κ2) is 9.78. The van der Waals surface area contributed by atoms with Gasteiger partial charge in [0.15, 0.2) is 5.69 Å². The molecule has 1 amide bonds. The molecule has 1 saturated heterocycles. The van der Waals surface area contributed by atoms with Gasteiger partial charge in [-0.2, -0.15) is 26.3 Å². The van der Waals surface area contributed by atoms with Crippen molar-refractivity contribution in [2.75, 3.05) is 20.1 Å². The molecule has 2 aliphatic rings. The maximum Gasteiger partial charge on any atom is 0.416 e. The Balaban J connectivity index is 1.99. The van der Waals surface area contributed by atoms with Gasteiger partial charge in [0.25, 0.3) is 0 Å². The second-order valence-electron chi connectivity index (χ2n) is 9.46. The van der Waals surface area contributed by atoms with Crippen LogP contribution >= 0.6 is 11.6 Å². The summed E-state index contributed by atoms with van der Waals surface area (Å²) in [7, 11) is 1.47. The SMILES string of the molecule is CN(C(=O)C(C)(C)c1cc(C(F)(F)F)cc(C(F)(F)F)c1)[C@@H]1CN(C(O)Cl)C[C@H]1C1=CCCC=C1. The lowest BCUT2D eigenvalue weighted by Crippen LogP contribution is -2.49. The first-order valence-electron chi connectivity index (χ1n) is 11.0. The van der Waals surface area contributed by atoms with Crippen LogP contribution < -0.4 is 0 Å². The van der Waals surface area contributed by atoms with Gasteiger partial charge >= 0.3 is 12.4 Å². The van der Waals surface area contributed by atoms with Crippen molar-refractivity contribution in [1.82, 2.24) is 9.80 Å². The Bertz CT molecular complexity index is 984. The standard InChI is InChI=1S/C24H27ClF6N2O2/c1-22(2,15-9-16(23(26,27)28)11-17(10-15)24(29,30)31)20(34)32(3)19-13-33(21(25)35)12-18(19)14-7-5-4-6-8-14/h5,7-11,18-19,21,35H,4,6,12-13H2,1-3H3/t18-,19+,21?/m0/s1. The highest BCUT2D eigenvalue weighted by atomic mass is 35.5. The van der Waals surface area contributed by atoms with Gasteiger partial charge in [0.05, 0.1) is 22.6 Å². The summed E-state index contributed by atoms with van der Waals surface area (Å²) in [6.45, 7) is 3.14. The zero-order chi connectivity index (χ0) is 26.3. The van der Waals surface area contributed by atoms with Crippen molar-refractivity contribution >= 4 is 17.5 Å². The predicted octanol–water partition coefficient (Wildman–Crippen LogP) is 5.55. The molecule has 0 saturated carbocycles. The van der Waals surface area contributed by atoms with Crippen LogP contribution in [0.25, 0.3) is 0 Å². The van der Waals surface area contributed by atoms with Crippen LogP contribution in [0.3, 0.4) is 0 Å². The molecule has 0 aromatic heterocycles. The first-order chi connectivity index (χ1) is 16.0. The minimum atomic E-state index is -5.02. The number of benzene rings is 1. The number of likely N-dealkylation sites (N-methyl/N-ethyl adjacent to an activating group) is 1. The normalized spacial score (nSPS) is 22.8. The molecular weight excluding hydrogens is 498 g/mol. The maximum absolute atomic E-state index is 13.6. The van der Waals surface area contributed by atoms with Crippen LogP contribution in [-0.2, 0) is 22.6 Å². The van der Waals surface area contributed by atoms with Crippen molar-refractivity contribution in [3.63, 3.8) is 0 Å². The van der Waals surface area contributed by atoms with E-state index >= 15 is 0 Å². The van der Waals surface area contributed by atoms with Crippen LogP contribution in [0.5, 0.6) is 0 Å². The van der Waals surface area contributed by atoms with Crippen molar-refractivity contribution in [3.05, 3.63) is 58.7 Å². The number of rotatable bonds is 5. The topological polar surface area (TPSA) is 43.8 Å². The van der Waals surface area contributed by atoms with E-state index in [1.807, 2.05) is 18.2 Å². The van der Waals surface area contributed by atoms with E-state index in [1.165, 1.54) is 25.8 Å². The average Bonchev–Trinajstić information content (AvgIpc) is 3.23. The summed E-state index contributed by atoms with van der Waals surface area (Å²) in [5.41, 5.74) is -5.40. The lowest BCUT2D eigenvalue weighted by atomic mass is 9.80. The van der Waals surface area contributed by atoms with E-state index in [-0.39, 0.29) is 18.5 Å². The Morgan fingerprint density at radius 3 is 2.03 bits per heavy atom. The summed E-state index contributed by atoms with van der Waals surface area (Å²) in [6.07, 6.45) is -2.44. The third-order valence-corrected chi connectivity index (χ3v) is 7.01. The smallest absolute Gasteiger partial charge is 0.365 e. The molecule has 0 radical (unpaired) electrons. The van der Waals surface area contributed by atoms with Gasteiger partial charge in [-0.25, -0.2) is 0 Å². The van der Waals surface area contributed by atoms with Crippen LogP contribution in [-0.4, -0.2) is 52.7 Å². The summed E-state index contributed by atoms with van der Waals surface area (Å²) in [6, 6.07) is 0.725. The number of hydrogen-bond acceptors (Lipinski definition) is 3. The Kier molecular flexibility index (Phi) is 7.70. The van der Waals surface area contributed by atoms with Crippen LogP contribution in [0, 0.1) is 5.92 Å². The van der Waals surface area contributed by atoms with Crippen molar-refractivity contribution in [2.24, 2.45) is 5.92 Å². The third kappa shape index (κ3) is 5.86. The van der Waals surface area contributed by atoms with E-state index < -0.39 is 52.1 Å². The number of amides is 1. The number of aliphatic hydroxyl groups is 1. The molecule has 1 fully saturated rings. The largest absolute Gasteiger partial charge is 0.416 e. The number of aliphatic hydroxyl groups excluding tert-OH is 1. The number of allylic oxidation sites excluding steroid dienone is 3. The molecule has 1 aromatic rings. The highest BCUT2D eigenvalue weighted by molar-refractivity contribution is 6.19. The monoisotopic (exact) mass is 524 g/mol. The fraction of sp³-hybridized carbons (Fsp3) is 0.542. The molecule has 1 heterocycles. The van der Waals surface area contributed by atoms with E-state index in [2.05, 4.69) is 0 Å². The fourth-order valence-corrected chi connectivity index (χ4v) is 4.81. The number of halogens is 7. The van der Waals surface area contributed by atoms with Gasteiger partial charge < -0.3 is 10.0 Å². The van der Waals surface area contributed by atoms with E-state index in [4.69, 9.17) is 11.6 Å². The minimum absolute atomic E-state index is 0.0440. The highest BCUT2D eigenvalue weighted by Crippen LogP contribution is 2.40. The predicted molar refractivity (Wildman–Crippen MR) is 119 cm³/mol. The zero-order valence-electron chi connectivity index (χ0n) is 19.4. The number of nitrogens with zero attached hydrogens (tertiary/aromatic N) is 2. The molecule has 11 heteroatoms. The number of alkyl halides is 7. The van der Waals surface area contributed by atoms with E-state index in [0.717, 1.165) is 18.4 Å². The van der Waals surface area contributed by atoms with Crippen molar-refractivity contribution < 1.29 is 36.2 Å². The van der Waals surface area contributed by atoms with Gasteiger partial charge in [0.2, 0.25) is 5.91 Å². The molecule has 1 aromatic carbocycles. The molecular formula is C24H27ClF6N2O2. The molecule has 3 atom stereocenters. The number of carbonyl (C=O) groups excluding carboxylic acids is 1. The minimum Gasteiger partial charge on any atom is -0.365 e. The number of carbonyl (C=O) groups is 1. The first-order valence-corrected chi connectivity index (χ1v) is 11.5. The quantitative estimate of drug-likeness (QED) is 0.312. The summed E-state index contributed by atoms with van der Waals surface area (Å²) < 4.78 is 80.3. The van der Waals surface area contributed by atoms with Crippen LogP contribution in [0.1, 0.15) is 43.4 Å². The molecule has 3 rings (SSSR count). The van der Waals surface area contributed by atoms with E-state index in [9.17, 15) is 36.2 Å². The van der Waals surface area contributed by atoms with Gasteiger partial charge in [0, 0.05) is 26.1 Å². The molecule has 4 nitrogen and oxygen atoms in total. The van der Waals surface area contributed by atoms with Gasteiger partial charge in [-0.3, -0.25) is 9.69 Å². The van der Waals surface area contributed by atoms with Crippen molar-refractivity contribution in [1.29, 1.82) is 0 Å². The third-order valence-electron chi connectivity index (χ3n) is 6.73. The van der Waals surface area contributed by atoms with Crippen LogP contribution in [0.15, 0.2) is 42.0 Å². The first kappa shape index (κ1) is 27.5. The van der Waals surface area contributed by atoms with Gasteiger partial charge in [-0.15, -0.1) is 0 Å². The highest BCUT2D eigenvalue weighted by Gasteiger charge is 2.45. The molecule has 0 spiro atoms. The van der Waals surface area contributed by atoms with E-state index in [1.54, 1.807) is 4.90 Å². The Labute approximate surface area is 204 Å². The van der Waals surface area contributed by atoms with Crippen molar-refractivity contribution in [2.45, 2.75) is 56.2 Å². The van der Waals surface area contributed by atoms with Crippen molar-refractivity contribution in [3.8, 4) is 0 Å². The lowest BCUT2D eigenvalue weighted by molar-refractivity contribution is -0.144. The molecule has 1 N–H and O–H groups in total. The molecule has 1 aliphatic heterocycles. The molecule has 35 heavy (non-hydrogen) atoms. The average molecular weight is 525 g/mol. The summed E-state index contributed by atoms with van der Waals surface area (Å²) >= 11 is 5.87. The summed E-state index contributed by atoms with van der Waals surface area (Å²) in [5.74, 6) is -0.886. The van der Waals surface area contributed by atoms with Gasteiger partial charge in [-0.1, -0.05) is 29.8 Å². The number of likely N-dealkylation sites (tertiary alicyclic amines) is 1. The second-order valence-corrected chi connectivity index (χ2v) is 9.85. The number of hydrogen-bond donors (Lipinski definition) is 1. The van der Waals surface area contributed by atoms with Crippen LogP contribution in [0.4, 0.5) is 26.3 Å². The van der Waals surface area contributed by atoms with Crippen LogP contribution in [0.2, 0.25) is 0 Å². The zero-order valence-corrected chi connectivity index (χ0v) is 20.2. The Morgan fingerprint density at radius 1 is 1.03 bits per heavy atom. The lowest BCUT2D eigenvalue weighted by Gasteiger charge is -2.36. The van der Waals surface area contributed by atoms with E-state index in [0.29, 0.717) is 18.7 Å². The molecule has 1 unspecified atom stereocenters. The molecule has 0 bridgehead atoms. The summed E-state index contributed by atoms with van der Waals surface area (Å²) in [4.78, 5) is 16.5. The Morgan fingerprint density at radius 2 is 1.57 bits per heavy atom.